The smallest absolute Gasteiger partial charge is 0.0406 e. The number of fused-ring (bicyclic) bond motifs is 1. The minimum absolute atomic E-state index is 0.247. The van der Waals surface area contributed by atoms with Crippen molar-refractivity contribution in [2.75, 3.05) is 11.9 Å². The molecule has 1 aromatic carbocycles. The summed E-state index contributed by atoms with van der Waals surface area (Å²) in [6.45, 7) is 14.7. The Morgan fingerprint density at radius 2 is 2.00 bits per heavy atom. The fourth-order valence-corrected chi connectivity index (χ4v) is 3.27. The predicted molar refractivity (Wildman–Crippen MR) is 88.7 cm³/mol. The van der Waals surface area contributed by atoms with Crippen molar-refractivity contribution < 1.29 is 0 Å². The van der Waals surface area contributed by atoms with Crippen molar-refractivity contribution in [2.24, 2.45) is 0 Å². The molecular formula is C18H30N2. The lowest BCUT2D eigenvalue weighted by molar-refractivity contribution is 0.395. The number of nitrogens with one attached hydrogen (secondary N) is 1. The van der Waals surface area contributed by atoms with Crippen LogP contribution in [0.4, 0.5) is 5.69 Å². The maximum Gasteiger partial charge on any atom is 0.0406 e. The lowest BCUT2D eigenvalue weighted by Crippen LogP contribution is -2.45. The molecule has 2 rings (SSSR count). The zero-order chi connectivity index (χ0) is 15.1. The minimum atomic E-state index is 0.247. The van der Waals surface area contributed by atoms with Gasteiger partial charge in [0.25, 0.3) is 0 Å². The molecule has 1 aliphatic rings. The quantitative estimate of drug-likeness (QED) is 0.888. The van der Waals surface area contributed by atoms with E-state index in [0.717, 1.165) is 6.54 Å². The second-order valence-electron chi connectivity index (χ2n) is 7.35. The van der Waals surface area contributed by atoms with Crippen LogP contribution in [0.25, 0.3) is 0 Å². The Bertz CT molecular complexity index is 488. The molecule has 0 amide bonds. The number of hydrogen-bond acceptors (Lipinski definition) is 2. The van der Waals surface area contributed by atoms with E-state index in [0.29, 0.717) is 12.0 Å². The van der Waals surface area contributed by atoms with Crippen LogP contribution in [0.15, 0.2) is 12.1 Å². The van der Waals surface area contributed by atoms with Crippen LogP contribution in [0.5, 0.6) is 0 Å². The average Bonchev–Trinajstić information content (AvgIpc) is 2.33. The molecule has 1 heterocycles. The first kappa shape index (κ1) is 15.4. The standard InChI is InChI=1S/C18H30N2/c1-12(2)19-11-15-9-16-14(4)10-18(5,6)20(7)17(16)8-13(15)3/h8-9,12,14,19H,10-11H2,1-7H3/t14-/m0/s1. The van der Waals surface area contributed by atoms with Gasteiger partial charge in [0.1, 0.15) is 0 Å². The first-order chi connectivity index (χ1) is 9.22. The normalized spacial score (nSPS) is 21.2. The van der Waals surface area contributed by atoms with E-state index < -0.39 is 0 Å². The van der Waals surface area contributed by atoms with Gasteiger partial charge < -0.3 is 10.2 Å². The summed E-state index contributed by atoms with van der Waals surface area (Å²) < 4.78 is 0. The van der Waals surface area contributed by atoms with Crippen LogP contribution in [0.3, 0.4) is 0 Å². The molecule has 0 bridgehead atoms. The van der Waals surface area contributed by atoms with Crippen LogP contribution in [-0.4, -0.2) is 18.6 Å². The monoisotopic (exact) mass is 274 g/mol. The van der Waals surface area contributed by atoms with E-state index in [4.69, 9.17) is 0 Å². The molecule has 2 nitrogen and oxygen atoms in total. The Labute approximate surface area is 124 Å². The Balaban J connectivity index is 2.38. The average molecular weight is 274 g/mol. The van der Waals surface area contributed by atoms with E-state index in [1.165, 1.54) is 28.8 Å². The number of nitrogens with zero attached hydrogens (tertiary/aromatic N) is 1. The largest absolute Gasteiger partial charge is 0.369 e. The molecule has 0 spiro atoms. The number of benzene rings is 1. The van der Waals surface area contributed by atoms with Crippen LogP contribution >= 0.6 is 0 Å². The third kappa shape index (κ3) is 2.85. The van der Waals surface area contributed by atoms with Gasteiger partial charge in [-0.05, 0) is 55.9 Å². The van der Waals surface area contributed by atoms with E-state index in [-0.39, 0.29) is 5.54 Å². The molecule has 20 heavy (non-hydrogen) atoms. The van der Waals surface area contributed by atoms with Gasteiger partial charge in [0.2, 0.25) is 0 Å². The summed E-state index contributed by atoms with van der Waals surface area (Å²) in [5.74, 6) is 0.634. The van der Waals surface area contributed by atoms with Crippen molar-refractivity contribution in [3.63, 3.8) is 0 Å². The molecule has 0 fully saturated rings. The third-order valence-electron chi connectivity index (χ3n) is 4.79. The van der Waals surface area contributed by atoms with Gasteiger partial charge in [0.15, 0.2) is 0 Å². The van der Waals surface area contributed by atoms with E-state index in [1.807, 2.05) is 0 Å². The summed E-state index contributed by atoms with van der Waals surface area (Å²) in [5.41, 5.74) is 6.01. The van der Waals surface area contributed by atoms with Crippen molar-refractivity contribution in [1.82, 2.24) is 5.32 Å². The topological polar surface area (TPSA) is 15.3 Å². The molecule has 0 saturated carbocycles. The van der Waals surface area contributed by atoms with Crippen LogP contribution in [0.1, 0.15) is 63.6 Å². The highest BCUT2D eigenvalue weighted by atomic mass is 15.2. The highest BCUT2D eigenvalue weighted by Crippen LogP contribution is 2.43. The fourth-order valence-electron chi connectivity index (χ4n) is 3.27. The van der Waals surface area contributed by atoms with Gasteiger partial charge in [-0.1, -0.05) is 26.8 Å². The summed E-state index contributed by atoms with van der Waals surface area (Å²) in [5, 5.41) is 3.54. The molecule has 1 aliphatic heterocycles. The van der Waals surface area contributed by atoms with Crippen molar-refractivity contribution in [1.29, 1.82) is 0 Å². The molecule has 1 atom stereocenters. The van der Waals surface area contributed by atoms with Crippen molar-refractivity contribution in [3.05, 3.63) is 28.8 Å². The lowest BCUT2D eigenvalue weighted by Gasteiger charge is -2.45. The number of anilines is 1. The molecule has 0 radical (unpaired) electrons. The molecule has 0 saturated heterocycles. The molecule has 0 aromatic heterocycles. The molecule has 112 valence electrons. The SMILES string of the molecule is Cc1cc2c(cc1CNC(C)C)[C@@H](C)CC(C)(C)N2C. The highest BCUT2D eigenvalue weighted by molar-refractivity contribution is 5.62. The summed E-state index contributed by atoms with van der Waals surface area (Å²) in [4.78, 5) is 2.45. The maximum atomic E-state index is 3.54. The molecular weight excluding hydrogens is 244 g/mol. The second-order valence-corrected chi connectivity index (χ2v) is 7.35. The molecule has 1 aromatic rings. The Morgan fingerprint density at radius 1 is 1.35 bits per heavy atom. The third-order valence-corrected chi connectivity index (χ3v) is 4.79. The van der Waals surface area contributed by atoms with Gasteiger partial charge >= 0.3 is 0 Å². The lowest BCUT2D eigenvalue weighted by atomic mass is 9.79. The van der Waals surface area contributed by atoms with Gasteiger partial charge in [0.05, 0.1) is 0 Å². The van der Waals surface area contributed by atoms with Crippen molar-refractivity contribution >= 4 is 5.69 Å². The zero-order valence-electron chi connectivity index (χ0n) is 14.2. The molecule has 1 N–H and O–H groups in total. The van der Waals surface area contributed by atoms with Gasteiger partial charge in [0, 0.05) is 30.9 Å². The summed E-state index contributed by atoms with van der Waals surface area (Å²) >= 11 is 0. The fraction of sp³-hybridized carbons (Fsp3) is 0.667. The number of hydrogen-bond donors (Lipinski definition) is 1. The summed E-state index contributed by atoms with van der Waals surface area (Å²) in [6, 6.07) is 5.34. The predicted octanol–water partition coefficient (Wildman–Crippen LogP) is 4.22. The first-order valence-electron chi connectivity index (χ1n) is 7.83. The molecule has 0 aliphatic carbocycles. The Hall–Kier alpha value is -1.02. The van der Waals surface area contributed by atoms with E-state index >= 15 is 0 Å². The maximum absolute atomic E-state index is 3.54. The highest BCUT2D eigenvalue weighted by Gasteiger charge is 2.34. The van der Waals surface area contributed by atoms with Crippen molar-refractivity contribution in [3.8, 4) is 0 Å². The molecule has 2 heteroatoms. The van der Waals surface area contributed by atoms with Crippen LogP contribution in [-0.2, 0) is 6.54 Å². The van der Waals surface area contributed by atoms with Gasteiger partial charge in [-0.25, -0.2) is 0 Å². The minimum Gasteiger partial charge on any atom is -0.369 e. The van der Waals surface area contributed by atoms with Crippen molar-refractivity contribution in [2.45, 2.75) is 72.0 Å². The van der Waals surface area contributed by atoms with E-state index in [1.54, 1.807) is 0 Å². The van der Waals surface area contributed by atoms with Gasteiger partial charge in [-0.2, -0.15) is 0 Å². The van der Waals surface area contributed by atoms with Crippen LogP contribution in [0.2, 0.25) is 0 Å². The summed E-state index contributed by atoms with van der Waals surface area (Å²) in [7, 11) is 2.23. The second kappa shape index (κ2) is 5.40. The number of rotatable bonds is 3. The zero-order valence-corrected chi connectivity index (χ0v) is 14.2. The van der Waals surface area contributed by atoms with Gasteiger partial charge in [-0.15, -0.1) is 0 Å². The van der Waals surface area contributed by atoms with E-state index in [2.05, 4.69) is 70.9 Å². The Morgan fingerprint density at radius 3 is 2.60 bits per heavy atom. The van der Waals surface area contributed by atoms with Crippen LogP contribution in [0, 0.1) is 6.92 Å². The summed E-state index contributed by atoms with van der Waals surface area (Å²) in [6.07, 6.45) is 1.22. The van der Waals surface area contributed by atoms with Crippen LogP contribution < -0.4 is 10.2 Å². The number of aryl methyl sites for hydroxylation is 1. The van der Waals surface area contributed by atoms with Gasteiger partial charge in [-0.3, -0.25) is 0 Å². The van der Waals surface area contributed by atoms with E-state index in [9.17, 15) is 0 Å². The molecule has 0 unspecified atom stereocenters. The first-order valence-corrected chi connectivity index (χ1v) is 7.83. The Kier molecular flexibility index (Phi) is 4.15.